The number of hydrogen-bond donors (Lipinski definition) is 2. The van der Waals surface area contributed by atoms with Gasteiger partial charge in [0.25, 0.3) is 0 Å². The van der Waals surface area contributed by atoms with E-state index in [9.17, 15) is 0 Å². The molecule has 0 fully saturated rings. The maximum absolute atomic E-state index is 6.15. The predicted octanol–water partition coefficient (Wildman–Crippen LogP) is 3.48. The molecule has 1 atom stereocenters. The molecule has 4 nitrogen and oxygen atoms in total. The lowest BCUT2D eigenvalue weighted by molar-refractivity contribution is 0.0883. The zero-order chi connectivity index (χ0) is 16.0. The van der Waals surface area contributed by atoms with Crippen LogP contribution in [0, 0.1) is 0 Å². The average Bonchev–Trinajstić information content (AvgIpc) is 2.46. The van der Waals surface area contributed by atoms with Crippen molar-refractivity contribution in [1.29, 1.82) is 0 Å². The molecule has 0 saturated carbocycles. The van der Waals surface area contributed by atoms with Gasteiger partial charge >= 0.3 is 0 Å². The van der Waals surface area contributed by atoms with Gasteiger partial charge in [-0.25, -0.2) is 4.98 Å². The van der Waals surface area contributed by atoms with Crippen molar-refractivity contribution in [1.82, 2.24) is 15.2 Å². The molecule has 1 unspecified atom stereocenters. The second-order valence-corrected chi connectivity index (χ2v) is 6.16. The summed E-state index contributed by atoms with van der Waals surface area (Å²) < 4.78 is 0. The standard InChI is InChI=1S/C16H29ClN4/c1-6-9-19-14(16(7-2,8-3)21(4)5)13-10-12(17)11-20-15(13)18/h10-11,14,19H,6-9H2,1-5H3,(H2,18,20). The first kappa shape index (κ1) is 18.2. The Morgan fingerprint density at radius 2 is 1.95 bits per heavy atom. The molecule has 0 saturated heterocycles. The van der Waals surface area contributed by atoms with Crippen LogP contribution in [0.3, 0.4) is 0 Å². The molecule has 0 amide bonds. The van der Waals surface area contributed by atoms with Gasteiger partial charge in [0.1, 0.15) is 5.82 Å². The average molecular weight is 313 g/mol. The van der Waals surface area contributed by atoms with Crippen LogP contribution in [-0.4, -0.2) is 36.1 Å². The lowest BCUT2D eigenvalue weighted by Gasteiger charge is -2.46. The molecule has 0 aliphatic heterocycles. The van der Waals surface area contributed by atoms with E-state index in [0.29, 0.717) is 10.8 Å². The third-order valence-corrected chi connectivity index (χ3v) is 4.68. The molecular formula is C16H29ClN4. The molecule has 0 aromatic carbocycles. The van der Waals surface area contributed by atoms with Crippen molar-refractivity contribution in [3.05, 3.63) is 22.8 Å². The minimum Gasteiger partial charge on any atom is -0.383 e. The molecule has 0 bridgehead atoms. The molecule has 1 aromatic heterocycles. The number of rotatable bonds is 8. The molecular weight excluding hydrogens is 284 g/mol. The molecule has 3 N–H and O–H groups in total. The third kappa shape index (κ3) is 3.87. The Hall–Kier alpha value is -0.840. The normalized spacial score (nSPS) is 13.7. The van der Waals surface area contributed by atoms with Gasteiger partial charge in [-0.15, -0.1) is 0 Å². The summed E-state index contributed by atoms with van der Waals surface area (Å²) in [5.74, 6) is 0.557. The Morgan fingerprint density at radius 3 is 2.43 bits per heavy atom. The van der Waals surface area contributed by atoms with E-state index in [1.54, 1.807) is 6.20 Å². The van der Waals surface area contributed by atoms with Crippen LogP contribution in [-0.2, 0) is 0 Å². The highest BCUT2D eigenvalue weighted by molar-refractivity contribution is 6.30. The molecule has 0 aliphatic rings. The molecule has 1 rings (SSSR count). The van der Waals surface area contributed by atoms with E-state index in [0.717, 1.165) is 31.4 Å². The molecule has 0 radical (unpaired) electrons. The summed E-state index contributed by atoms with van der Waals surface area (Å²) in [5.41, 5.74) is 7.12. The number of nitrogens with zero attached hydrogens (tertiary/aromatic N) is 2. The maximum atomic E-state index is 6.15. The summed E-state index contributed by atoms with van der Waals surface area (Å²) in [6.07, 6.45) is 4.71. The minimum absolute atomic E-state index is 0.0182. The van der Waals surface area contributed by atoms with Crippen LogP contribution in [0.25, 0.3) is 0 Å². The number of aromatic nitrogens is 1. The Labute approximate surface area is 134 Å². The Morgan fingerprint density at radius 1 is 1.33 bits per heavy atom. The van der Waals surface area contributed by atoms with E-state index in [4.69, 9.17) is 17.3 Å². The highest BCUT2D eigenvalue weighted by atomic mass is 35.5. The topological polar surface area (TPSA) is 54.2 Å². The molecule has 0 spiro atoms. The second kappa shape index (κ2) is 7.97. The fourth-order valence-corrected chi connectivity index (χ4v) is 3.29. The van der Waals surface area contributed by atoms with E-state index in [-0.39, 0.29) is 11.6 Å². The smallest absolute Gasteiger partial charge is 0.128 e. The van der Waals surface area contributed by atoms with Crippen molar-refractivity contribution in [3.63, 3.8) is 0 Å². The van der Waals surface area contributed by atoms with Gasteiger partial charge in [-0.05, 0) is 46.0 Å². The highest BCUT2D eigenvalue weighted by Crippen LogP contribution is 2.38. The van der Waals surface area contributed by atoms with Crippen LogP contribution in [0.4, 0.5) is 5.82 Å². The molecule has 21 heavy (non-hydrogen) atoms. The van der Waals surface area contributed by atoms with Gasteiger partial charge in [0.2, 0.25) is 0 Å². The summed E-state index contributed by atoms with van der Waals surface area (Å²) in [7, 11) is 4.25. The number of nitrogens with one attached hydrogen (secondary N) is 1. The lowest BCUT2D eigenvalue weighted by atomic mass is 9.79. The summed E-state index contributed by atoms with van der Waals surface area (Å²) in [5, 5.41) is 4.28. The number of likely N-dealkylation sites (N-methyl/N-ethyl adjacent to an activating group) is 1. The fourth-order valence-electron chi connectivity index (χ4n) is 3.12. The number of nitrogen functional groups attached to an aromatic ring is 1. The van der Waals surface area contributed by atoms with Crippen LogP contribution < -0.4 is 11.1 Å². The summed E-state index contributed by atoms with van der Waals surface area (Å²) in [6.45, 7) is 7.54. The lowest BCUT2D eigenvalue weighted by Crippen LogP contribution is -2.53. The zero-order valence-corrected chi connectivity index (χ0v) is 14.7. The van der Waals surface area contributed by atoms with Gasteiger partial charge in [0, 0.05) is 17.3 Å². The summed E-state index contributed by atoms with van der Waals surface area (Å²) >= 11 is 6.15. The van der Waals surface area contributed by atoms with Crippen LogP contribution in [0.5, 0.6) is 0 Å². The van der Waals surface area contributed by atoms with E-state index in [2.05, 4.69) is 50.1 Å². The Bertz CT molecular complexity index is 444. The molecule has 1 heterocycles. The van der Waals surface area contributed by atoms with Crippen molar-refractivity contribution in [3.8, 4) is 0 Å². The minimum atomic E-state index is -0.0182. The van der Waals surface area contributed by atoms with Crippen molar-refractivity contribution in [2.24, 2.45) is 0 Å². The van der Waals surface area contributed by atoms with Gasteiger partial charge in [-0.1, -0.05) is 32.4 Å². The van der Waals surface area contributed by atoms with Gasteiger partial charge in [-0.2, -0.15) is 0 Å². The Balaban J connectivity index is 3.35. The van der Waals surface area contributed by atoms with Crippen LogP contribution in [0.2, 0.25) is 5.02 Å². The monoisotopic (exact) mass is 312 g/mol. The number of anilines is 1. The van der Waals surface area contributed by atoms with Gasteiger partial charge in [-0.3, -0.25) is 0 Å². The Kier molecular flexibility index (Phi) is 6.91. The molecule has 5 heteroatoms. The first-order valence-corrected chi connectivity index (χ1v) is 8.12. The van der Waals surface area contributed by atoms with Crippen LogP contribution in [0.1, 0.15) is 51.6 Å². The van der Waals surface area contributed by atoms with Gasteiger partial charge in [0.15, 0.2) is 0 Å². The molecule has 0 aliphatic carbocycles. The third-order valence-electron chi connectivity index (χ3n) is 4.48. The number of pyridine rings is 1. The van der Waals surface area contributed by atoms with Crippen molar-refractivity contribution < 1.29 is 0 Å². The molecule has 120 valence electrons. The SMILES string of the molecule is CCCNC(c1cc(Cl)cnc1N)C(CC)(CC)N(C)C. The first-order valence-electron chi connectivity index (χ1n) is 7.74. The number of hydrogen-bond acceptors (Lipinski definition) is 4. The molecule has 1 aromatic rings. The predicted molar refractivity (Wildman–Crippen MR) is 91.7 cm³/mol. The summed E-state index contributed by atoms with van der Waals surface area (Å²) in [6, 6.07) is 2.05. The van der Waals surface area contributed by atoms with E-state index in [1.807, 2.05) is 6.07 Å². The van der Waals surface area contributed by atoms with E-state index < -0.39 is 0 Å². The maximum Gasteiger partial charge on any atom is 0.128 e. The fraction of sp³-hybridized carbons (Fsp3) is 0.688. The van der Waals surface area contributed by atoms with Crippen LogP contribution >= 0.6 is 11.6 Å². The van der Waals surface area contributed by atoms with E-state index >= 15 is 0 Å². The quantitative estimate of drug-likeness (QED) is 0.771. The van der Waals surface area contributed by atoms with Crippen molar-refractivity contribution >= 4 is 17.4 Å². The van der Waals surface area contributed by atoms with Crippen molar-refractivity contribution in [2.45, 2.75) is 51.6 Å². The largest absolute Gasteiger partial charge is 0.383 e. The number of halogens is 1. The van der Waals surface area contributed by atoms with Gasteiger partial charge in [0.05, 0.1) is 11.1 Å². The van der Waals surface area contributed by atoms with Crippen molar-refractivity contribution in [2.75, 3.05) is 26.4 Å². The van der Waals surface area contributed by atoms with E-state index in [1.165, 1.54) is 0 Å². The zero-order valence-electron chi connectivity index (χ0n) is 13.9. The summed E-state index contributed by atoms with van der Waals surface area (Å²) in [4.78, 5) is 6.53. The highest BCUT2D eigenvalue weighted by Gasteiger charge is 2.39. The van der Waals surface area contributed by atoms with Crippen LogP contribution in [0.15, 0.2) is 12.3 Å². The number of nitrogens with two attached hydrogens (primary N) is 1. The first-order chi connectivity index (χ1) is 9.92. The van der Waals surface area contributed by atoms with Gasteiger partial charge < -0.3 is 16.0 Å². The second-order valence-electron chi connectivity index (χ2n) is 5.72.